The zero-order chi connectivity index (χ0) is 24.9. The number of aryl methyl sites for hydroxylation is 1. The fraction of sp³-hybridized carbons (Fsp3) is 0.458. The van der Waals surface area contributed by atoms with Gasteiger partial charge in [-0.05, 0) is 44.0 Å². The maximum atomic E-state index is 10.5. The molecule has 10 heteroatoms. The highest BCUT2D eigenvalue weighted by atomic mass is 32.1. The number of benzene rings is 2. The minimum absolute atomic E-state index is 1.01. The van der Waals surface area contributed by atoms with Gasteiger partial charge < -0.3 is 25.0 Å². The third-order valence-electron chi connectivity index (χ3n) is 5.76. The lowest BCUT2D eigenvalue weighted by Gasteiger charge is -2.29. The molecule has 0 spiro atoms. The first-order valence-electron chi connectivity index (χ1n) is 11.4. The van der Waals surface area contributed by atoms with Crippen LogP contribution in [0.3, 0.4) is 0 Å². The lowest BCUT2D eigenvalue weighted by atomic mass is 10.1. The van der Waals surface area contributed by atoms with Gasteiger partial charge in [0.2, 0.25) is 11.3 Å². The van der Waals surface area contributed by atoms with Gasteiger partial charge in [0.15, 0.2) is 0 Å². The second-order valence-electron chi connectivity index (χ2n) is 7.87. The lowest BCUT2D eigenvalue weighted by molar-refractivity contribution is -0.344. The fourth-order valence-electron chi connectivity index (χ4n) is 3.93. The first-order valence-corrected chi connectivity index (χ1v) is 12.2. The average molecular weight is 495 g/mol. The molecule has 2 aromatic carbocycles. The molecule has 4 rings (SSSR count). The Bertz CT molecular complexity index is 1150. The van der Waals surface area contributed by atoms with Gasteiger partial charge in [0.1, 0.15) is 17.0 Å². The molecule has 1 saturated heterocycles. The highest BCUT2D eigenvalue weighted by molar-refractivity contribution is 7.24. The van der Waals surface area contributed by atoms with Crippen LogP contribution >= 0.6 is 11.3 Å². The lowest BCUT2D eigenvalue weighted by Crippen LogP contribution is -2.43. The number of anilines is 2. The minimum atomic E-state index is -5.19. The van der Waals surface area contributed by atoms with Crippen LogP contribution in [0.5, 0.6) is 0 Å². The third kappa shape index (κ3) is 6.04. The Hall–Kier alpha value is -2.72. The predicted octanol–water partition coefficient (Wildman–Crippen LogP) is 3.85. The van der Waals surface area contributed by atoms with Gasteiger partial charge in [-0.3, -0.25) is 0 Å². The van der Waals surface area contributed by atoms with Gasteiger partial charge in [0.25, 0.3) is 9.40 Å². The number of hydrogen-bond acceptors (Lipinski definition) is 6. The second-order valence-corrected chi connectivity index (χ2v) is 8.95. The summed E-state index contributed by atoms with van der Waals surface area (Å²) in [5.74, 6) is -3.01. The van der Waals surface area contributed by atoms with Crippen molar-refractivity contribution in [2.45, 2.75) is 33.4 Å². The van der Waals surface area contributed by atoms with Crippen LogP contribution in [0.15, 0.2) is 30.3 Å². The SMILES string of the molecule is CCc1cc(N2CCNCC2)cc2[s+]c3cc(N(CC)CC)ccc3nc12.O=C([O-])C(F)(F)F. The number of aliphatic carboxylic acids is 1. The van der Waals surface area contributed by atoms with Crippen LogP contribution in [-0.4, -0.2) is 56.4 Å². The number of hydrogen-bond donors (Lipinski definition) is 1. The van der Waals surface area contributed by atoms with E-state index in [1.807, 2.05) is 11.3 Å². The monoisotopic (exact) mass is 494 g/mol. The Morgan fingerprint density at radius 3 is 2.32 bits per heavy atom. The minimum Gasteiger partial charge on any atom is -0.542 e. The molecule has 1 N–H and O–H groups in total. The van der Waals surface area contributed by atoms with Crippen molar-refractivity contribution in [3.8, 4) is 0 Å². The molecule has 0 atom stereocenters. The number of fused-ring (bicyclic) bond motifs is 2. The van der Waals surface area contributed by atoms with E-state index in [4.69, 9.17) is 14.9 Å². The third-order valence-corrected chi connectivity index (χ3v) is 6.84. The van der Waals surface area contributed by atoms with Crippen LogP contribution in [-0.2, 0) is 11.2 Å². The summed E-state index contributed by atoms with van der Waals surface area (Å²) in [5, 5.41) is 12.2. The van der Waals surface area contributed by atoms with E-state index in [9.17, 15) is 13.2 Å². The number of halogens is 3. The number of alkyl halides is 3. The first-order chi connectivity index (χ1) is 16.2. The van der Waals surface area contributed by atoms with E-state index in [0.717, 1.165) is 51.2 Å². The molecule has 3 aromatic rings. The Kier molecular flexibility index (Phi) is 8.48. The van der Waals surface area contributed by atoms with E-state index < -0.39 is 12.1 Å². The van der Waals surface area contributed by atoms with Crippen LogP contribution in [0.4, 0.5) is 24.5 Å². The van der Waals surface area contributed by atoms with Crippen LogP contribution in [0, 0.1) is 0 Å². The van der Waals surface area contributed by atoms with E-state index in [0.29, 0.717) is 0 Å². The maximum Gasteiger partial charge on any atom is 0.430 e. The van der Waals surface area contributed by atoms with Crippen molar-refractivity contribution in [3.05, 3.63) is 35.9 Å². The number of aromatic nitrogens is 1. The van der Waals surface area contributed by atoms with E-state index in [-0.39, 0.29) is 0 Å². The molecule has 184 valence electrons. The molecule has 0 unspecified atom stereocenters. The normalized spacial score (nSPS) is 14.1. The molecule has 1 fully saturated rings. The summed E-state index contributed by atoms with van der Waals surface area (Å²) >= 11 is 1.88. The topological polar surface area (TPSA) is 71.5 Å². The van der Waals surface area contributed by atoms with Crippen molar-refractivity contribution in [2.75, 3.05) is 49.1 Å². The largest absolute Gasteiger partial charge is 0.542 e. The fourth-order valence-corrected chi connectivity index (χ4v) is 5.02. The molecule has 1 aliphatic heterocycles. The Morgan fingerprint density at radius 2 is 1.76 bits per heavy atom. The number of nitrogens with one attached hydrogen (secondary N) is 1. The number of carboxylic acids is 1. The molecule has 34 heavy (non-hydrogen) atoms. The summed E-state index contributed by atoms with van der Waals surface area (Å²) in [6.07, 6.45) is -4.18. The summed E-state index contributed by atoms with van der Waals surface area (Å²) in [6, 6.07) is 11.4. The predicted molar refractivity (Wildman–Crippen MR) is 131 cm³/mol. The molecular weight excluding hydrogens is 465 g/mol. The van der Waals surface area contributed by atoms with Crippen molar-refractivity contribution in [1.29, 1.82) is 0 Å². The Morgan fingerprint density at radius 1 is 1.12 bits per heavy atom. The van der Waals surface area contributed by atoms with E-state index in [2.05, 4.69) is 66.2 Å². The van der Waals surface area contributed by atoms with Crippen molar-refractivity contribution in [1.82, 2.24) is 10.3 Å². The number of piperazine rings is 1. The number of nitrogens with zero attached hydrogens (tertiary/aromatic N) is 3. The molecule has 0 radical (unpaired) electrons. The van der Waals surface area contributed by atoms with Gasteiger partial charge in [0.05, 0.1) is 0 Å². The second kappa shape index (κ2) is 11.1. The summed E-state index contributed by atoms with van der Waals surface area (Å²) in [5.41, 5.74) is 6.27. The molecular formula is C24H29F3N4O2S. The summed E-state index contributed by atoms with van der Waals surface area (Å²) in [4.78, 5) is 18.7. The molecule has 1 aromatic heterocycles. The molecule has 0 amide bonds. The molecule has 0 saturated carbocycles. The quantitative estimate of drug-likeness (QED) is 0.429. The summed E-state index contributed by atoms with van der Waals surface area (Å²) in [7, 11) is 0. The first kappa shape index (κ1) is 25.9. The molecule has 6 nitrogen and oxygen atoms in total. The standard InChI is InChI=1S/C22H29N4S.C2HF3O2/c1-4-16-13-18(26-11-9-23-10-12-26)15-21-22(16)24-19-8-7-17(14-20(19)27-21)25(5-2)6-3;3-2(4,5)1(6)7/h7-8,13-15,23H,4-6,9-12H2,1-3H3;(H,6,7)/q+1;/p-1. The number of carbonyl (C=O) groups excluding carboxylic acids is 1. The van der Waals surface area contributed by atoms with Crippen LogP contribution < -0.4 is 20.2 Å². The van der Waals surface area contributed by atoms with Gasteiger partial charge in [-0.25, -0.2) is 4.98 Å². The van der Waals surface area contributed by atoms with E-state index in [1.165, 1.54) is 31.9 Å². The highest BCUT2D eigenvalue weighted by Crippen LogP contribution is 2.34. The highest BCUT2D eigenvalue weighted by Gasteiger charge is 2.28. The number of carboxylic acid groups (broad SMARTS) is 1. The van der Waals surface area contributed by atoms with E-state index in [1.54, 1.807) is 0 Å². The smallest absolute Gasteiger partial charge is 0.430 e. The van der Waals surface area contributed by atoms with Gasteiger partial charge in [-0.2, -0.15) is 13.2 Å². The number of rotatable bonds is 5. The van der Waals surface area contributed by atoms with Gasteiger partial charge in [-0.15, -0.1) is 0 Å². The summed E-state index contributed by atoms with van der Waals surface area (Å²) < 4.78 is 34.1. The van der Waals surface area contributed by atoms with Gasteiger partial charge >= 0.3 is 6.18 Å². The van der Waals surface area contributed by atoms with Crippen LogP contribution in [0.1, 0.15) is 26.3 Å². The average Bonchev–Trinajstić information content (AvgIpc) is 2.83. The van der Waals surface area contributed by atoms with Crippen molar-refractivity contribution in [3.63, 3.8) is 0 Å². The maximum absolute atomic E-state index is 10.5. The zero-order valence-electron chi connectivity index (χ0n) is 19.5. The molecule has 0 aliphatic carbocycles. The Balaban J connectivity index is 0.000000406. The van der Waals surface area contributed by atoms with Crippen molar-refractivity contribution >= 4 is 49.1 Å². The summed E-state index contributed by atoms with van der Waals surface area (Å²) in [6.45, 7) is 13.0. The Labute approximate surface area is 201 Å². The van der Waals surface area contributed by atoms with Gasteiger partial charge in [0, 0.05) is 62.8 Å². The van der Waals surface area contributed by atoms with Crippen LogP contribution in [0.2, 0.25) is 0 Å². The zero-order valence-corrected chi connectivity index (χ0v) is 20.4. The molecule has 2 heterocycles. The molecule has 0 bridgehead atoms. The van der Waals surface area contributed by atoms with E-state index >= 15 is 0 Å². The van der Waals surface area contributed by atoms with Gasteiger partial charge in [-0.1, -0.05) is 6.92 Å². The van der Waals surface area contributed by atoms with Crippen molar-refractivity contribution in [2.24, 2.45) is 0 Å². The molecule has 1 aliphatic rings. The van der Waals surface area contributed by atoms with Crippen molar-refractivity contribution < 1.29 is 23.1 Å². The number of carbonyl (C=O) groups is 1. The van der Waals surface area contributed by atoms with Crippen LogP contribution in [0.25, 0.3) is 20.4 Å².